The second-order valence-corrected chi connectivity index (χ2v) is 6.53. The van der Waals surface area contributed by atoms with Gasteiger partial charge in [-0.25, -0.2) is 4.39 Å². The van der Waals surface area contributed by atoms with E-state index in [0.717, 1.165) is 12.8 Å². The number of benzene rings is 1. The number of likely N-dealkylation sites (tertiary alicyclic amines) is 1. The lowest BCUT2D eigenvalue weighted by Gasteiger charge is -2.24. The first-order chi connectivity index (χ1) is 11.1. The summed E-state index contributed by atoms with van der Waals surface area (Å²) in [6, 6.07) is 8.18. The van der Waals surface area contributed by atoms with Crippen molar-refractivity contribution < 1.29 is 14.0 Å². The molecule has 0 spiro atoms. The summed E-state index contributed by atoms with van der Waals surface area (Å²) in [6.45, 7) is 2.00. The fourth-order valence-corrected chi connectivity index (χ4v) is 3.77. The van der Waals surface area contributed by atoms with Gasteiger partial charge in [0.2, 0.25) is 5.91 Å². The molecule has 23 heavy (non-hydrogen) atoms. The highest BCUT2D eigenvalue weighted by molar-refractivity contribution is 7.10. The minimum Gasteiger partial charge on any atom is -0.331 e. The minimum atomic E-state index is -0.548. The topological polar surface area (TPSA) is 49.4 Å². The summed E-state index contributed by atoms with van der Waals surface area (Å²) in [5, 5.41) is 4.42. The predicted molar refractivity (Wildman–Crippen MR) is 88.0 cm³/mol. The van der Waals surface area contributed by atoms with Gasteiger partial charge in [0.1, 0.15) is 5.82 Å². The Hall–Kier alpha value is -2.21. The summed E-state index contributed by atoms with van der Waals surface area (Å²) in [4.78, 5) is 26.9. The van der Waals surface area contributed by atoms with Gasteiger partial charge >= 0.3 is 0 Å². The molecule has 1 aliphatic heterocycles. The Morgan fingerprint density at radius 2 is 2.17 bits per heavy atom. The van der Waals surface area contributed by atoms with Crippen molar-refractivity contribution in [2.75, 3.05) is 11.9 Å². The molecule has 4 nitrogen and oxygen atoms in total. The smallest absolute Gasteiger partial charge is 0.254 e. The third kappa shape index (κ3) is 3.27. The molecule has 0 aliphatic carbocycles. The van der Waals surface area contributed by atoms with Gasteiger partial charge in [0.25, 0.3) is 5.91 Å². The summed E-state index contributed by atoms with van der Waals surface area (Å²) in [5.74, 6) is -1.05. The van der Waals surface area contributed by atoms with Crippen molar-refractivity contribution in [3.63, 3.8) is 0 Å². The molecule has 1 fully saturated rings. The van der Waals surface area contributed by atoms with Gasteiger partial charge in [-0.3, -0.25) is 9.59 Å². The SMILES string of the molecule is CC(=O)Nc1cc(C(=O)N2CCC[C@H]2c2cccs2)ccc1F. The lowest BCUT2D eigenvalue weighted by Crippen LogP contribution is -2.30. The van der Waals surface area contributed by atoms with E-state index in [9.17, 15) is 14.0 Å². The molecular formula is C17H17FN2O2S. The van der Waals surface area contributed by atoms with Crippen LogP contribution in [0.4, 0.5) is 10.1 Å². The number of amides is 2. The van der Waals surface area contributed by atoms with Gasteiger partial charge in [0.05, 0.1) is 11.7 Å². The maximum absolute atomic E-state index is 13.7. The van der Waals surface area contributed by atoms with E-state index in [1.807, 2.05) is 22.4 Å². The number of thiophene rings is 1. The van der Waals surface area contributed by atoms with Crippen LogP contribution in [0.3, 0.4) is 0 Å². The summed E-state index contributed by atoms with van der Waals surface area (Å²) < 4.78 is 13.7. The van der Waals surface area contributed by atoms with Crippen LogP contribution in [0, 0.1) is 5.82 Å². The summed E-state index contributed by atoms with van der Waals surface area (Å²) in [7, 11) is 0. The number of rotatable bonds is 3. The predicted octanol–water partition coefficient (Wildman–Crippen LogP) is 3.82. The van der Waals surface area contributed by atoms with Crippen molar-refractivity contribution >= 4 is 28.8 Å². The summed E-state index contributed by atoms with van der Waals surface area (Å²) in [5.41, 5.74) is 0.425. The molecule has 0 saturated carbocycles. The normalized spacial score (nSPS) is 17.3. The van der Waals surface area contributed by atoms with E-state index < -0.39 is 5.82 Å². The number of hydrogen-bond donors (Lipinski definition) is 1. The summed E-state index contributed by atoms with van der Waals surface area (Å²) in [6.07, 6.45) is 1.89. The number of anilines is 1. The molecule has 6 heteroatoms. The summed E-state index contributed by atoms with van der Waals surface area (Å²) >= 11 is 1.64. The molecule has 2 heterocycles. The molecule has 1 aromatic heterocycles. The Bertz CT molecular complexity index is 730. The Balaban J connectivity index is 1.86. The van der Waals surface area contributed by atoms with Crippen molar-refractivity contribution in [2.24, 2.45) is 0 Å². The molecule has 2 amide bonds. The molecule has 1 aliphatic rings. The monoisotopic (exact) mass is 332 g/mol. The third-order valence-corrected chi connectivity index (χ3v) is 4.88. The van der Waals surface area contributed by atoms with Crippen molar-refractivity contribution in [3.8, 4) is 0 Å². The second kappa shape index (κ2) is 6.50. The Labute approximate surface area is 137 Å². The fourth-order valence-electron chi connectivity index (χ4n) is 2.90. The number of carbonyl (C=O) groups is 2. The molecule has 0 unspecified atom stereocenters. The van der Waals surface area contributed by atoms with Crippen molar-refractivity contribution in [1.29, 1.82) is 0 Å². The van der Waals surface area contributed by atoms with Crippen LogP contribution in [-0.2, 0) is 4.79 Å². The van der Waals surface area contributed by atoms with Crippen LogP contribution in [0.1, 0.15) is 41.0 Å². The Kier molecular flexibility index (Phi) is 4.43. The van der Waals surface area contributed by atoms with E-state index in [1.54, 1.807) is 11.3 Å². The van der Waals surface area contributed by atoms with E-state index in [0.29, 0.717) is 12.1 Å². The van der Waals surface area contributed by atoms with E-state index in [2.05, 4.69) is 5.32 Å². The number of nitrogens with zero attached hydrogens (tertiary/aromatic N) is 1. The second-order valence-electron chi connectivity index (χ2n) is 5.55. The lowest BCUT2D eigenvalue weighted by atomic mass is 10.1. The van der Waals surface area contributed by atoms with Gasteiger partial charge in [-0.1, -0.05) is 6.07 Å². The number of halogens is 1. The first-order valence-electron chi connectivity index (χ1n) is 7.48. The fraction of sp³-hybridized carbons (Fsp3) is 0.294. The van der Waals surface area contributed by atoms with Crippen LogP contribution in [0.5, 0.6) is 0 Å². The van der Waals surface area contributed by atoms with Crippen molar-refractivity contribution in [2.45, 2.75) is 25.8 Å². The van der Waals surface area contributed by atoms with Crippen molar-refractivity contribution in [3.05, 3.63) is 52.0 Å². The van der Waals surface area contributed by atoms with Gasteiger partial charge in [-0.2, -0.15) is 0 Å². The van der Waals surface area contributed by atoms with Crippen molar-refractivity contribution in [1.82, 2.24) is 4.90 Å². The molecule has 1 N–H and O–H groups in total. The van der Waals surface area contributed by atoms with Crippen LogP contribution in [0.2, 0.25) is 0 Å². The maximum atomic E-state index is 13.7. The van der Waals surface area contributed by atoms with Gasteiger partial charge in [0, 0.05) is 23.9 Å². The number of nitrogens with one attached hydrogen (secondary N) is 1. The zero-order chi connectivity index (χ0) is 16.4. The average Bonchev–Trinajstić information content (AvgIpc) is 3.18. The Morgan fingerprint density at radius 3 is 2.87 bits per heavy atom. The quantitative estimate of drug-likeness (QED) is 0.929. The highest BCUT2D eigenvalue weighted by Crippen LogP contribution is 2.35. The number of hydrogen-bond acceptors (Lipinski definition) is 3. The van der Waals surface area contributed by atoms with Crippen LogP contribution in [-0.4, -0.2) is 23.3 Å². The first-order valence-corrected chi connectivity index (χ1v) is 8.36. The van der Waals surface area contributed by atoms with Crippen LogP contribution < -0.4 is 5.32 Å². The van der Waals surface area contributed by atoms with Gasteiger partial charge in [0.15, 0.2) is 0 Å². The maximum Gasteiger partial charge on any atom is 0.254 e. The molecule has 120 valence electrons. The van der Waals surface area contributed by atoms with E-state index in [1.165, 1.54) is 30.0 Å². The third-order valence-electron chi connectivity index (χ3n) is 3.91. The standard InChI is InChI=1S/C17H17FN2O2S/c1-11(21)19-14-10-12(6-7-13(14)18)17(22)20-8-2-4-15(20)16-5-3-9-23-16/h3,5-7,9-10,15H,2,4,8H2,1H3,(H,19,21)/t15-/m0/s1. The molecule has 2 aromatic rings. The Morgan fingerprint density at radius 1 is 1.35 bits per heavy atom. The molecule has 0 radical (unpaired) electrons. The van der Waals surface area contributed by atoms with Gasteiger partial charge in [-0.15, -0.1) is 11.3 Å². The first kappa shape index (κ1) is 15.7. The van der Waals surface area contributed by atoms with E-state index in [-0.39, 0.29) is 23.5 Å². The molecule has 1 atom stereocenters. The molecule has 0 bridgehead atoms. The van der Waals surface area contributed by atoms with E-state index in [4.69, 9.17) is 0 Å². The lowest BCUT2D eigenvalue weighted by molar-refractivity contribution is -0.114. The molecule has 1 saturated heterocycles. The van der Waals surface area contributed by atoms with E-state index >= 15 is 0 Å². The minimum absolute atomic E-state index is 0.0372. The van der Waals surface area contributed by atoms with Gasteiger partial charge < -0.3 is 10.2 Å². The molecular weight excluding hydrogens is 315 g/mol. The zero-order valence-corrected chi connectivity index (χ0v) is 13.5. The van der Waals surface area contributed by atoms with Crippen LogP contribution in [0.25, 0.3) is 0 Å². The van der Waals surface area contributed by atoms with Crippen LogP contribution in [0.15, 0.2) is 35.7 Å². The average molecular weight is 332 g/mol. The number of carbonyl (C=O) groups excluding carboxylic acids is 2. The highest BCUT2D eigenvalue weighted by Gasteiger charge is 2.31. The highest BCUT2D eigenvalue weighted by atomic mass is 32.1. The largest absolute Gasteiger partial charge is 0.331 e. The van der Waals surface area contributed by atoms with Gasteiger partial charge in [-0.05, 0) is 42.5 Å². The molecule has 1 aromatic carbocycles. The zero-order valence-electron chi connectivity index (χ0n) is 12.7. The van der Waals surface area contributed by atoms with Crippen LogP contribution >= 0.6 is 11.3 Å². The molecule has 3 rings (SSSR count).